The van der Waals surface area contributed by atoms with Crippen LogP contribution in [-0.4, -0.2) is 23.6 Å². The molecule has 0 aliphatic heterocycles. The number of pyridine rings is 1. The summed E-state index contributed by atoms with van der Waals surface area (Å²) in [4.78, 5) is 6.77. The molecular formula is C16H19N3OS. The zero-order valence-corrected chi connectivity index (χ0v) is 13.1. The number of rotatable bonds is 6. The molecule has 1 heterocycles. The van der Waals surface area contributed by atoms with Gasteiger partial charge < -0.3 is 15.4 Å². The van der Waals surface area contributed by atoms with E-state index in [4.69, 9.17) is 22.7 Å². The maximum atomic E-state index is 5.75. The molecule has 1 aromatic carbocycles. The minimum Gasteiger partial charge on any atom is -0.490 e. The van der Waals surface area contributed by atoms with Crippen LogP contribution in [-0.2, 0) is 0 Å². The number of nitrogens with zero attached hydrogens (tertiary/aromatic N) is 2. The number of nitrogens with two attached hydrogens (primary N) is 1. The number of anilines is 2. The van der Waals surface area contributed by atoms with Crippen LogP contribution in [0.4, 0.5) is 11.5 Å². The summed E-state index contributed by atoms with van der Waals surface area (Å²) in [5, 5.41) is 0. The lowest BCUT2D eigenvalue weighted by molar-refractivity contribution is 0.317. The van der Waals surface area contributed by atoms with Crippen molar-refractivity contribution >= 4 is 28.7 Å². The van der Waals surface area contributed by atoms with Gasteiger partial charge in [0.1, 0.15) is 4.99 Å². The Kier molecular flexibility index (Phi) is 5.11. The Morgan fingerprint density at radius 3 is 2.86 bits per heavy atom. The second kappa shape index (κ2) is 7.04. The molecule has 4 nitrogen and oxygen atoms in total. The summed E-state index contributed by atoms with van der Waals surface area (Å²) in [5.74, 6) is 1.54. The molecule has 0 bridgehead atoms. The Balaban J connectivity index is 2.33. The molecule has 2 N–H and O–H groups in total. The highest BCUT2D eigenvalue weighted by Gasteiger charge is 2.12. The number of thiocarbonyl (C=S) groups is 1. The SMILES string of the molecule is CCCOc1cccnc1N(C)c1cccc(C(N)=S)c1. The van der Waals surface area contributed by atoms with Crippen molar-refractivity contribution in [2.45, 2.75) is 13.3 Å². The largest absolute Gasteiger partial charge is 0.490 e. The predicted molar refractivity (Wildman–Crippen MR) is 90.4 cm³/mol. The lowest BCUT2D eigenvalue weighted by Crippen LogP contribution is -2.15. The molecule has 5 heteroatoms. The van der Waals surface area contributed by atoms with E-state index in [-0.39, 0.29) is 0 Å². The van der Waals surface area contributed by atoms with Gasteiger partial charge in [0, 0.05) is 24.5 Å². The molecule has 0 fully saturated rings. The highest BCUT2D eigenvalue weighted by molar-refractivity contribution is 7.80. The van der Waals surface area contributed by atoms with Crippen molar-refractivity contribution in [3.05, 3.63) is 48.2 Å². The van der Waals surface area contributed by atoms with E-state index in [1.54, 1.807) is 6.20 Å². The topological polar surface area (TPSA) is 51.4 Å². The summed E-state index contributed by atoms with van der Waals surface area (Å²) >= 11 is 5.03. The average molecular weight is 301 g/mol. The maximum absolute atomic E-state index is 5.75. The van der Waals surface area contributed by atoms with Crippen molar-refractivity contribution in [3.63, 3.8) is 0 Å². The standard InChI is InChI=1S/C16H19N3OS/c1-3-10-20-14-8-5-9-18-16(14)19(2)13-7-4-6-12(11-13)15(17)21/h4-9,11H,3,10H2,1-2H3,(H2,17,21). The Morgan fingerprint density at radius 1 is 1.33 bits per heavy atom. The Morgan fingerprint density at radius 2 is 2.14 bits per heavy atom. The number of ether oxygens (including phenoxy) is 1. The van der Waals surface area contributed by atoms with E-state index in [0.29, 0.717) is 11.6 Å². The van der Waals surface area contributed by atoms with Crippen LogP contribution in [0.1, 0.15) is 18.9 Å². The van der Waals surface area contributed by atoms with Gasteiger partial charge in [-0.3, -0.25) is 0 Å². The molecule has 2 rings (SSSR count). The van der Waals surface area contributed by atoms with Crippen molar-refractivity contribution in [1.82, 2.24) is 4.98 Å². The summed E-state index contributed by atoms with van der Waals surface area (Å²) < 4.78 is 5.75. The minimum absolute atomic E-state index is 0.383. The number of aromatic nitrogens is 1. The smallest absolute Gasteiger partial charge is 0.175 e. The normalized spacial score (nSPS) is 10.2. The first-order valence-corrected chi connectivity index (χ1v) is 7.25. The maximum Gasteiger partial charge on any atom is 0.175 e. The Labute approximate surface area is 130 Å². The van der Waals surface area contributed by atoms with Crippen LogP contribution in [0.3, 0.4) is 0 Å². The van der Waals surface area contributed by atoms with Crippen molar-refractivity contribution in [3.8, 4) is 5.75 Å². The Bertz CT molecular complexity index is 630. The molecule has 0 saturated carbocycles. The predicted octanol–water partition coefficient (Wildman–Crippen LogP) is 3.27. The fourth-order valence-corrected chi connectivity index (χ4v) is 2.08. The van der Waals surface area contributed by atoms with Gasteiger partial charge in [0.15, 0.2) is 11.6 Å². The van der Waals surface area contributed by atoms with Crippen LogP contribution in [0.15, 0.2) is 42.6 Å². The van der Waals surface area contributed by atoms with Crippen molar-refractivity contribution < 1.29 is 4.74 Å². The molecule has 0 spiro atoms. The third-order valence-corrected chi connectivity index (χ3v) is 3.28. The average Bonchev–Trinajstić information content (AvgIpc) is 2.52. The zero-order valence-electron chi connectivity index (χ0n) is 12.2. The first kappa shape index (κ1) is 15.3. The molecule has 0 saturated heterocycles. The first-order valence-electron chi connectivity index (χ1n) is 6.85. The van der Waals surface area contributed by atoms with Gasteiger partial charge in [-0.25, -0.2) is 4.98 Å². The number of hydrogen-bond donors (Lipinski definition) is 1. The van der Waals surface area contributed by atoms with E-state index >= 15 is 0 Å². The summed E-state index contributed by atoms with van der Waals surface area (Å²) in [7, 11) is 1.94. The first-order chi connectivity index (χ1) is 10.1. The second-order valence-corrected chi connectivity index (χ2v) is 5.09. The quantitative estimate of drug-likeness (QED) is 0.830. The third kappa shape index (κ3) is 3.70. The van der Waals surface area contributed by atoms with Crippen molar-refractivity contribution in [2.75, 3.05) is 18.6 Å². The van der Waals surface area contributed by atoms with Gasteiger partial charge in [-0.1, -0.05) is 31.3 Å². The lowest BCUT2D eigenvalue weighted by Gasteiger charge is -2.21. The lowest BCUT2D eigenvalue weighted by atomic mass is 10.2. The highest BCUT2D eigenvalue weighted by Crippen LogP contribution is 2.30. The molecule has 21 heavy (non-hydrogen) atoms. The van der Waals surface area contributed by atoms with Gasteiger partial charge in [-0.15, -0.1) is 0 Å². The molecule has 110 valence electrons. The van der Waals surface area contributed by atoms with E-state index in [1.165, 1.54) is 0 Å². The van der Waals surface area contributed by atoms with Crippen molar-refractivity contribution in [1.29, 1.82) is 0 Å². The summed E-state index contributed by atoms with van der Waals surface area (Å²) in [6.07, 6.45) is 2.71. The van der Waals surface area contributed by atoms with Crippen LogP contribution in [0.25, 0.3) is 0 Å². The molecule has 0 aliphatic rings. The van der Waals surface area contributed by atoms with E-state index in [9.17, 15) is 0 Å². The van der Waals surface area contributed by atoms with Gasteiger partial charge in [-0.2, -0.15) is 0 Å². The Hall–Kier alpha value is -2.14. The molecule has 0 amide bonds. The van der Waals surface area contributed by atoms with Gasteiger partial charge >= 0.3 is 0 Å². The summed E-state index contributed by atoms with van der Waals surface area (Å²) in [6, 6.07) is 11.5. The molecular weight excluding hydrogens is 282 g/mol. The highest BCUT2D eigenvalue weighted by atomic mass is 32.1. The molecule has 0 aliphatic carbocycles. The van der Waals surface area contributed by atoms with E-state index in [1.807, 2.05) is 48.3 Å². The third-order valence-electron chi connectivity index (χ3n) is 3.05. The van der Waals surface area contributed by atoms with Gasteiger partial charge in [0.2, 0.25) is 0 Å². The van der Waals surface area contributed by atoms with Gasteiger partial charge in [-0.05, 0) is 30.7 Å². The monoisotopic (exact) mass is 301 g/mol. The minimum atomic E-state index is 0.383. The zero-order chi connectivity index (χ0) is 15.2. The van der Waals surface area contributed by atoms with Crippen molar-refractivity contribution in [2.24, 2.45) is 5.73 Å². The van der Waals surface area contributed by atoms with E-state index in [0.717, 1.165) is 29.2 Å². The van der Waals surface area contributed by atoms with Crippen LogP contribution in [0, 0.1) is 0 Å². The molecule has 1 aromatic heterocycles. The number of hydrogen-bond acceptors (Lipinski definition) is 4. The fraction of sp³-hybridized carbons (Fsp3) is 0.250. The number of benzene rings is 1. The van der Waals surface area contributed by atoms with E-state index in [2.05, 4.69) is 11.9 Å². The van der Waals surface area contributed by atoms with Crippen LogP contribution < -0.4 is 15.4 Å². The van der Waals surface area contributed by atoms with Crippen LogP contribution in [0.2, 0.25) is 0 Å². The molecule has 2 aromatic rings. The fourth-order valence-electron chi connectivity index (χ4n) is 1.95. The molecule has 0 radical (unpaired) electrons. The van der Waals surface area contributed by atoms with Crippen LogP contribution in [0.5, 0.6) is 5.75 Å². The van der Waals surface area contributed by atoms with Gasteiger partial charge in [0.05, 0.1) is 6.61 Å². The van der Waals surface area contributed by atoms with Gasteiger partial charge in [0.25, 0.3) is 0 Å². The summed E-state index contributed by atoms with van der Waals surface area (Å²) in [6.45, 7) is 2.74. The molecule has 0 atom stereocenters. The second-order valence-electron chi connectivity index (χ2n) is 4.65. The summed E-state index contributed by atoms with van der Waals surface area (Å²) in [5.41, 5.74) is 7.48. The molecule has 0 unspecified atom stereocenters. The van der Waals surface area contributed by atoms with Crippen LogP contribution >= 0.6 is 12.2 Å². The van der Waals surface area contributed by atoms with E-state index < -0.39 is 0 Å².